The third-order valence-corrected chi connectivity index (χ3v) is 9.70. The Hall–Kier alpha value is -4.13. The van der Waals surface area contributed by atoms with Crippen LogP contribution in [0.3, 0.4) is 0 Å². The van der Waals surface area contributed by atoms with Crippen LogP contribution >= 0.6 is 0 Å². The van der Waals surface area contributed by atoms with Crippen molar-refractivity contribution < 1.29 is 38.3 Å². The van der Waals surface area contributed by atoms with Crippen LogP contribution in [-0.2, 0) is 33.5 Å². The Morgan fingerprint density at radius 3 is 2.33 bits per heavy atom. The van der Waals surface area contributed by atoms with Crippen molar-refractivity contribution in [3.8, 4) is 0 Å². The highest BCUT2D eigenvalue weighted by atomic mass is 16.7. The zero-order valence-electron chi connectivity index (χ0n) is 28.9. The van der Waals surface area contributed by atoms with Gasteiger partial charge in [0, 0.05) is 44.1 Å². The van der Waals surface area contributed by atoms with E-state index in [1.54, 1.807) is 30.3 Å². The molecule has 266 valence electrons. The molecule has 13 nitrogen and oxygen atoms in total. The van der Waals surface area contributed by atoms with Crippen molar-refractivity contribution >= 4 is 40.9 Å². The van der Waals surface area contributed by atoms with Crippen molar-refractivity contribution in [1.82, 2.24) is 20.9 Å². The average molecular weight is 680 g/mol. The van der Waals surface area contributed by atoms with Gasteiger partial charge in [0.15, 0.2) is 5.60 Å². The fraction of sp³-hybridized carbons (Fsp3) is 0.639. The zero-order chi connectivity index (χ0) is 35.3. The highest BCUT2D eigenvalue weighted by Gasteiger charge is 2.56. The Morgan fingerprint density at radius 2 is 1.69 bits per heavy atom. The maximum Gasteiger partial charge on any atom is 0.289 e. The van der Waals surface area contributed by atoms with Crippen LogP contribution in [0.1, 0.15) is 95.8 Å². The van der Waals surface area contributed by atoms with Crippen molar-refractivity contribution in [2.24, 2.45) is 16.5 Å². The minimum absolute atomic E-state index is 0.00612. The molecule has 0 radical (unpaired) electrons. The number of benzene rings is 1. The largest absolute Gasteiger partial charge is 0.386 e. The number of amides is 4. The van der Waals surface area contributed by atoms with Crippen molar-refractivity contribution in [3.05, 3.63) is 35.9 Å². The molecular formula is C36H49N5O8. The van der Waals surface area contributed by atoms with Gasteiger partial charge in [0.2, 0.25) is 29.3 Å². The number of rotatable bonds is 13. The van der Waals surface area contributed by atoms with Gasteiger partial charge in [-0.05, 0) is 43.4 Å². The summed E-state index contributed by atoms with van der Waals surface area (Å²) >= 11 is 0. The van der Waals surface area contributed by atoms with E-state index in [0.717, 1.165) is 25.7 Å². The van der Waals surface area contributed by atoms with Gasteiger partial charge in [0.1, 0.15) is 17.8 Å². The van der Waals surface area contributed by atoms with Crippen LogP contribution in [0.15, 0.2) is 35.5 Å². The SMILES string of the molecule is CCC[C@H](NC(=O)[C@@H]1CC2(CC(C(=O)c3ccccc3)=NO2)CN1C(=O)[C@@H](NC(=O)CC1CCOCC1)C(C)(C)C)C(=O)C(=O)NC1CC1. The standard InChI is InChI=1S/C36H49N5O8/c1-5-9-25(30(44)33(46)37-24-12-13-24)38-32(45)27-20-36(19-26(40-49-36)29(43)23-10-7-6-8-11-23)21-41(27)34(47)31(35(2,3)4)39-28(42)18-22-14-16-48-17-15-22/h6-8,10-11,22,24-25,27,31H,5,9,12-21H2,1-4H3,(H,37,46)(H,38,45)(H,39,42)/t25-,27-,31+,36?/m0/s1. The number of Topliss-reactive ketones (excluding diaryl/α,β-unsaturated/α-hetero) is 2. The van der Waals surface area contributed by atoms with Gasteiger partial charge in [0.25, 0.3) is 5.91 Å². The zero-order valence-corrected chi connectivity index (χ0v) is 28.9. The third-order valence-electron chi connectivity index (χ3n) is 9.70. The van der Waals surface area contributed by atoms with E-state index in [4.69, 9.17) is 9.57 Å². The summed E-state index contributed by atoms with van der Waals surface area (Å²) in [5, 5.41) is 12.5. The molecule has 2 saturated heterocycles. The first-order valence-electron chi connectivity index (χ1n) is 17.5. The number of likely N-dealkylation sites (tertiary alicyclic amines) is 1. The lowest BCUT2D eigenvalue weighted by Gasteiger charge is -2.36. The van der Waals surface area contributed by atoms with Crippen molar-refractivity contribution in [1.29, 1.82) is 0 Å². The van der Waals surface area contributed by atoms with Crippen LogP contribution < -0.4 is 16.0 Å². The third kappa shape index (κ3) is 8.92. The molecule has 49 heavy (non-hydrogen) atoms. The van der Waals surface area contributed by atoms with Gasteiger partial charge in [-0.15, -0.1) is 0 Å². The quantitative estimate of drug-likeness (QED) is 0.211. The molecule has 4 amide bonds. The molecule has 0 bridgehead atoms. The molecule has 1 unspecified atom stereocenters. The summed E-state index contributed by atoms with van der Waals surface area (Å²) < 4.78 is 5.42. The maximum absolute atomic E-state index is 14.5. The highest BCUT2D eigenvalue weighted by molar-refractivity contribution is 6.46. The Morgan fingerprint density at radius 1 is 1.00 bits per heavy atom. The van der Waals surface area contributed by atoms with Crippen LogP contribution in [0.4, 0.5) is 0 Å². The molecule has 1 aromatic carbocycles. The maximum atomic E-state index is 14.5. The lowest BCUT2D eigenvalue weighted by atomic mass is 9.85. The molecule has 3 fully saturated rings. The first-order valence-corrected chi connectivity index (χ1v) is 17.5. The fourth-order valence-electron chi connectivity index (χ4n) is 6.72. The molecule has 1 aromatic rings. The molecular weight excluding hydrogens is 630 g/mol. The lowest BCUT2D eigenvalue weighted by Crippen LogP contribution is -2.59. The molecule has 3 aliphatic heterocycles. The highest BCUT2D eigenvalue weighted by Crippen LogP contribution is 2.39. The van der Waals surface area contributed by atoms with Gasteiger partial charge in [0.05, 0.1) is 12.6 Å². The number of carbonyl (C=O) groups is 6. The van der Waals surface area contributed by atoms with E-state index in [2.05, 4.69) is 21.1 Å². The Kier molecular flexibility index (Phi) is 11.2. The first kappa shape index (κ1) is 36.2. The average Bonchev–Trinajstić information content (AvgIpc) is 3.67. The summed E-state index contributed by atoms with van der Waals surface area (Å²) in [6.07, 6.45) is 4.20. The Balaban J connectivity index is 1.38. The van der Waals surface area contributed by atoms with Crippen LogP contribution in [0.5, 0.6) is 0 Å². The molecule has 3 heterocycles. The van der Waals surface area contributed by atoms with E-state index in [0.29, 0.717) is 25.2 Å². The topological polar surface area (TPSA) is 173 Å². The van der Waals surface area contributed by atoms with Crippen LogP contribution in [0, 0.1) is 11.3 Å². The van der Waals surface area contributed by atoms with E-state index in [1.165, 1.54) is 4.90 Å². The second-order valence-electron chi connectivity index (χ2n) is 15.0. The van der Waals surface area contributed by atoms with Gasteiger partial charge < -0.3 is 30.4 Å². The van der Waals surface area contributed by atoms with Crippen molar-refractivity contribution in [2.75, 3.05) is 19.8 Å². The second-order valence-corrected chi connectivity index (χ2v) is 15.0. The van der Waals surface area contributed by atoms with Crippen LogP contribution in [0.25, 0.3) is 0 Å². The minimum atomic E-state index is -1.18. The molecule has 5 rings (SSSR count). The number of ether oxygens (including phenoxy) is 1. The summed E-state index contributed by atoms with van der Waals surface area (Å²) in [5.74, 6) is -3.02. The summed E-state index contributed by atoms with van der Waals surface area (Å²) in [7, 11) is 0. The van der Waals surface area contributed by atoms with Gasteiger partial charge in [-0.2, -0.15) is 0 Å². The van der Waals surface area contributed by atoms with E-state index < -0.39 is 52.6 Å². The first-order chi connectivity index (χ1) is 23.3. The normalized spacial score (nSPS) is 23.6. The van der Waals surface area contributed by atoms with E-state index in [-0.39, 0.29) is 61.6 Å². The molecule has 1 aliphatic carbocycles. The van der Waals surface area contributed by atoms with Crippen molar-refractivity contribution in [3.63, 3.8) is 0 Å². The van der Waals surface area contributed by atoms with Crippen LogP contribution in [-0.4, -0.2) is 95.3 Å². The lowest BCUT2D eigenvalue weighted by molar-refractivity contribution is -0.145. The van der Waals surface area contributed by atoms with Gasteiger partial charge >= 0.3 is 0 Å². The number of nitrogens with one attached hydrogen (secondary N) is 3. The fourth-order valence-corrected chi connectivity index (χ4v) is 6.72. The second kappa shape index (κ2) is 15.2. The van der Waals surface area contributed by atoms with E-state index >= 15 is 0 Å². The van der Waals surface area contributed by atoms with Gasteiger partial charge in [-0.3, -0.25) is 28.8 Å². The molecule has 4 aliphatic rings. The number of hydrogen-bond acceptors (Lipinski definition) is 9. The molecule has 3 N–H and O–H groups in total. The molecule has 0 aromatic heterocycles. The Bertz CT molecular complexity index is 1460. The van der Waals surface area contributed by atoms with Gasteiger partial charge in [-0.25, -0.2) is 0 Å². The molecule has 13 heteroatoms. The van der Waals surface area contributed by atoms with Crippen LogP contribution in [0.2, 0.25) is 0 Å². The number of oxime groups is 1. The summed E-state index contributed by atoms with van der Waals surface area (Å²) in [5.41, 5.74) is -1.30. The predicted molar refractivity (Wildman–Crippen MR) is 179 cm³/mol. The number of carbonyl (C=O) groups excluding carboxylic acids is 6. The predicted octanol–water partition coefficient (Wildman–Crippen LogP) is 2.47. The summed E-state index contributed by atoms with van der Waals surface area (Å²) in [4.78, 5) is 88.3. The van der Waals surface area contributed by atoms with Gasteiger partial charge in [-0.1, -0.05) is 69.6 Å². The molecule has 4 atom stereocenters. The Labute approximate surface area is 287 Å². The summed E-state index contributed by atoms with van der Waals surface area (Å²) in [6.45, 7) is 8.47. The smallest absolute Gasteiger partial charge is 0.289 e. The van der Waals surface area contributed by atoms with Crippen molar-refractivity contribution in [2.45, 2.75) is 115 Å². The molecule has 1 spiro atoms. The number of hydrogen-bond donors (Lipinski definition) is 3. The van der Waals surface area contributed by atoms with E-state index in [9.17, 15) is 28.8 Å². The summed E-state index contributed by atoms with van der Waals surface area (Å²) in [6, 6.07) is 5.43. The minimum Gasteiger partial charge on any atom is -0.386 e. The van der Waals surface area contributed by atoms with E-state index in [1.807, 2.05) is 27.7 Å². The number of ketones is 2. The monoisotopic (exact) mass is 679 g/mol. The number of nitrogens with zero attached hydrogens (tertiary/aromatic N) is 2. The molecule has 1 saturated carbocycles.